The van der Waals surface area contributed by atoms with Gasteiger partial charge in [0.25, 0.3) is 5.91 Å². The normalized spacial score (nSPS) is 10.3. The van der Waals surface area contributed by atoms with Crippen molar-refractivity contribution in [2.24, 2.45) is 5.73 Å². The largest absolute Gasteiger partial charge is 0.438 e. The van der Waals surface area contributed by atoms with Gasteiger partial charge in [-0.25, -0.2) is 9.37 Å². The van der Waals surface area contributed by atoms with Gasteiger partial charge in [-0.15, -0.1) is 0 Å². The first kappa shape index (κ1) is 13.5. The Bertz CT molecular complexity index is 647. The first-order valence-corrected chi connectivity index (χ1v) is 6.16. The Morgan fingerprint density at radius 1 is 1.42 bits per heavy atom. The SMILES string of the molecule is Cc1cnc(Oc2ccc(C(N)=O)c(F)c2)c(Br)c1. The molecule has 2 rings (SSSR count). The van der Waals surface area contributed by atoms with Crippen LogP contribution in [-0.4, -0.2) is 10.9 Å². The van der Waals surface area contributed by atoms with Gasteiger partial charge in [-0.1, -0.05) is 0 Å². The Balaban J connectivity index is 2.29. The molecule has 2 N–H and O–H groups in total. The fourth-order valence-electron chi connectivity index (χ4n) is 1.47. The molecule has 4 nitrogen and oxygen atoms in total. The average molecular weight is 325 g/mol. The lowest BCUT2D eigenvalue weighted by Crippen LogP contribution is -2.12. The number of halogens is 2. The van der Waals surface area contributed by atoms with Crippen LogP contribution >= 0.6 is 15.9 Å². The lowest BCUT2D eigenvalue weighted by atomic mass is 10.2. The third-order valence-electron chi connectivity index (χ3n) is 2.36. The molecule has 1 aromatic heterocycles. The molecule has 0 aliphatic rings. The van der Waals surface area contributed by atoms with Crippen LogP contribution in [0.3, 0.4) is 0 Å². The van der Waals surface area contributed by atoms with Crippen molar-refractivity contribution in [3.63, 3.8) is 0 Å². The van der Waals surface area contributed by atoms with E-state index in [0.29, 0.717) is 10.4 Å². The van der Waals surface area contributed by atoms with Gasteiger partial charge >= 0.3 is 0 Å². The summed E-state index contributed by atoms with van der Waals surface area (Å²) >= 11 is 3.31. The van der Waals surface area contributed by atoms with Gasteiger partial charge in [0.1, 0.15) is 11.6 Å². The second-order valence-corrected chi connectivity index (χ2v) is 4.76. The number of aryl methyl sites for hydroxylation is 1. The van der Waals surface area contributed by atoms with E-state index < -0.39 is 11.7 Å². The summed E-state index contributed by atoms with van der Waals surface area (Å²) in [5, 5.41) is 0. The van der Waals surface area contributed by atoms with Gasteiger partial charge < -0.3 is 10.5 Å². The van der Waals surface area contributed by atoms with Crippen LogP contribution in [0, 0.1) is 12.7 Å². The number of carbonyl (C=O) groups is 1. The van der Waals surface area contributed by atoms with E-state index in [0.717, 1.165) is 11.6 Å². The highest BCUT2D eigenvalue weighted by atomic mass is 79.9. The molecule has 1 heterocycles. The molecule has 0 saturated carbocycles. The number of hydrogen-bond acceptors (Lipinski definition) is 3. The van der Waals surface area contributed by atoms with Crippen molar-refractivity contribution in [3.8, 4) is 11.6 Å². The van der Waals surface area contributed by atoms with E-state index in [4.69, 9.17) is 10.5 Å². The third kappa shape index (κ3) is 3.08. The van der Waals surface area contributed by atoms with Gasteiger partial charge in [-0.05, 0) is 46.6 Å². The summed E-state index contributed by atoms with van der Waals surface area (Å²) in [6.07, 6.45) is 1.63. The highest BCUT2D eigenvalue weighted by Crippen LogP contribution is 2.28. The van der Waals surface area contributed by atoms with Crippen LogP contribution in [0.5, 0.6) is 11.6 Å². The molecule has 1 amide bonds. The van der Waals surface area contributed by atoms with E-state index in [9.17, 15) is 9.18 Å². The molecule has 0 aliphatic heterocycles. The predicted octanol–water partition coefficient (Wildman–Crippen LogP) is 3.18. The summed E-state index contributed by atoms with van der Waals surface area (Å²) < 4.78 is 19.6. The number of rotatable bonds is 3. The molecule has 2 aromatic rings. The highest BCUT2D eigenvalue weighted by molar-refractivity contribution is 9.10. The Labute approximate surface area is 117 Å². The van der Waals surface area contributed by atoms with Crippen molar-refractivity contribution >= 4 is 21.8 Å². The van der Waals surface area contributed by atoms with E-state index in [1.165, 1.54) is 12.1 Å². The Morgan fingerprint density at radius 3 is 2.74 bits per heavy atom. The minimum atomic E-state index is -0.821. The smallest absolute Gasteiger partial charge is 0.251 e. The number of hydrogen-bond donors (Lipinski definition) is 1. The van der Waals surface area contributed by atoms with E-state index in [2.05, 4.69) is 20.9 Å². The lowest BCUT2D eigenvalue weighted by Gasteiger charge is -2.08. The van der Waals surface area contributed by atoms with Crippen molar-refractivity contribution in [1.29, 1.82) is 0 Å². The van der Waals surface area contributed by atoms with Crippen molar-refractivity contribution < 1.29 is 13.9 Å². The number of aromatic nitrogens is 1. The maximum Gasteiger partial charge on any atom is 0.251 e. The van der Waals surface area contributed by atoms with Crippen LogP contribution in [0.15, 0.2) is 34.9 Å². The second kappa shape index (κ2) is 5.36. The summed E-state index contributed by atoms with van der Waals surface area (Å²) in [6, 6.07) is 5.65. The number of ether oxygens (including phenoxy) is 1. The Hall–Kier alpha value is -1.95. The molecule has 0 saturated heterocycles. The second-order valence-electron chi connectivity index (χ2n) is 3.91. The fourth-order valence-corrected chi connectivity index (χ4v) is 2.01. The van der Waals surface area contributed by atoms with Gasteiger partial charge in [0.05, 0.1) is 10.0 Å². The fraction of sp³-hybridized carbons (Fsp3) is 0.0769. The number of nitrogens with two attached hydrogens (primary N) is 1. The van der Waals surface area contributed by atoms with Crippen molar-refractivity contribution in [2.45, 2.75) is 6.92 Å². The molecule has 0 fully saturated rings. The van der Waals surface area contributed by atoms with Gasteiger partial charge in [-0.2, -0.15) is 0 Å². The third-order valence-corrected chi connectivity index (χ3v) is 2.93. The van der Waals surface area contributed by atoms with E-state index in [1.54, 1.807) is 6.20 Å². The molecule has 0 bridgehead atoms. The molecule has 0 spiro atoms. The number of amides is 1. The monoisotopic (exact) mass is 324 g/mol. The van der Waals surface area contributed by atoms with Crippen molar-refractivity contribution in [1.82, 2.24) is 4.98 Å². The summed E-state index contributed by atoms with van der Waals surface area (Å²) in [5.41, 5.74) is 5.81. The summed E-state index contributed by atoms with van der Waals surface area (Å²) in [7, 11) is 0. The van der Waals surface area contributed by atoms with Gasteiger partial charge in [0.15, 0.2) is 0 Å². The van der Waals surface area contributed by atoms with Crippen LogP contribution in [0.1, 0.15) is 15.9 Å². The highest BCUT2D eigenvalue weighted by Gasteiger charge is 2.11. The number of nitrogens with zero attached hydrogens (tertiary/aromatic N) is 1. The Kier molecular flexibility index (Phi) is 3.80. The maximum atomic E-state index is 13.6. The average Bonchev–Trinajstić information content (AvgIpc) is 2.32. The summed E-state index contributed by atoms with van der Waals surface area (Å²) in [6.45, 7) is 1.89. The van der Waals surface area contributed by atoms with Gasteiger partial charge in [0, 0.05) is 12.3 Å². The van der Waals surface area contributed by atoms with E-state index >= 15 is 0 Å². The number of benzene rings is 1. The zero-order valence-corrected chi connectivity index (χ0v) is 11.6. The van der Waals surface area contributed by atoms with E-state index in [1.807, 2.05) is 13.0 Å². The minimum Gasteiger partial charge on any atom is -0.438 e. The molecule has 6 heteroatoms. The quantitative estimate of drug-likeness (QED) is 0.942. The molecule has 0 aliphatic carbocycles. The number of carbonyl (C=O) groups excluding carboxylic acids is 1. The predicted molar refractivity (Wildman–Crippen MR) is 71.7 cm³/mol. The van der Waals surface area contributed by atoms with Gasteiger partial charge in [0.2, 0.25) is 5.88 Å². The van der Waals surface area contributed by atoms with Crippen LogP contribution < -0.4 is 10.5 Å². The van der Waals surface area contributed by atoms with Crippen LogP contribution in [0.4, 0.5) is 4.39 Å². The molecule has 19 heavy (non-hydrogen) atoms. The topological polar surface area (TPSA) is 65.2 Å². The molecular weight excluding hydrogens is 315 g/mol. The number of pyridine rings is 1. The van der Waals surface area contributed by atoms with E-state index in [-0.39, 0.29) is 11.3 Å². The van der Waals surface area contributed by atoms with Crippen LogP contribution in [-0.2, 0) is 0 Å². The van der Waals surface area contributed by atoms with Crippen LogP contribution in [0.25, 0.3) is 0 Å². The standard InChI is InChI=1S/C13H10BrFN2O2/c1-7-4-10(14)13(17-6-7)19-8-2-3-9(12(16)18)11(15)5-8/h2-6H,1H3,(H2,16,18). The summed E-state index contributed by atoms with van der Waals surface area (Å²) in [4.78, 5) is 15.0. The summed E-state index contributed by atoms with van der Waals surface area (Å²) in [5.74, 6) is -0.997. The molecule has 0 radical (unpaired) electrons. The first-order valence-electron chi connectivity index (χ1n) is 5.36. The maximum absolute atomic E-state index is 13.6. The Morgan fingerprint density at radius 2 is 2.16 bits per heavy atom. The van der Waals surface area contributed by atoms with Crippen molar-refractivity contribution in [3.05, 3.63) is 51.9 Å². The minimum absolute atomic E-state index is 0.178. The zero-order chi connectivity index (χ0) is 14.0. The molecule has 1 aromatic carbocycles. The zero-order valence-electron chi connectivity index (χ0n) is 9.98. The van der Waals surface area contributed by atoms with Gasteiger partial charge in [-0.3, -0.25) is 4.79 Å². The number of primary amides is 1. The molecule has 0 unspecified atom stereocenters. The molecular formula is C13H10BrFN2O2. The first-order chi connectivity index (χ1) is 8.97. The van der Waals surface area contributed by atoms with Crippen molar-refractivity contribution in [2.75, 3.05) is 0 Å². The molecule has 0 atom stereocenters. The lowest BCUT2D eigenvalue weighted by molar-refractivity contribution is 0.0996. The van der Waals surface area contributed by atoms with Crippen LogP contribution in [0.2, 0.25) is 0 Å². The molecule has 98 valence electrons.